The van der Waals surface area contributed by atoms with Crippen LogP contribution in [-0.4, -0.2) is 22.9 Å². The second-order valence-corrected chi connectivity index (χ2v) is 6.22. The highest BCUT2D eigenvalue weighted by molar-refractivity contribution is 9.10. The van der Waals surface area contributed by atoms with Crippen LogP contribution >= 0.6 is 15.9 Å². The van der Waals surface area contributed by atoms with Crippen LogP contribution in [0, 0.1) is 5.82 Å². The van der Waals surface area contributed by atoms with E-state index in [4.69, 9.17) is 4.74 Å². The van der Waals surface area contributed by atoms with Crippen molar-refractivity contribution >= 4 is 15.9 Å². The Labute approximate surface area is 115 Å². The fraction of sp³-hybridized carbons (Fsp3) is 0.571. The predicted octanol–water partition coefficient (Wildman–Crippen LogP) is 3.45. The van der Waals surface area contributed by atoms with Crippen LogP contribution in [-0.2, 0) is 11.2 Å². The zero-order valence-corrected chi connectivity index (χ0v) is 12.2. The first-order chi connectivity index (χ1) is 8.38. The summed E-state index contributed by atoms with van der Waals surface area (Å²) < 4.78 is 20.1. The van der Waals surface area contributed by atoms with Gasteiger partial charge in [-0.2, -0.15) is 0 Å². The largest absolute Gasteiger partial charge is 0.389 e. The van der Waals surface area contributed by atoms with Gasteiger partial charge >= 0.3 is 0 Å². The Balaban J connectivity index is 2.16. The molecule has 1 saturated heterocycles. The lowest BCUT2D eigenvalue weighted by molar-refractivity contribution is -0.131. The minimum absolute atomic E-state index is 0.0114. The Morgan fingerprint density at radius 2 is 2.00 bits per heavy atom. The molecular weight excluding hydrogens is 299 g/mol. The lowest BCUT2D eigenvalue weighted by atomic mass is 9.82. The van der Waals surface area contributed by atoms with Crippen LogP contribution in [0.5, 0.6) is 0 Å². The summed E-state index contributed by atoms with van der Waals surface area (Å²) in [5, 5.41) is 10.6. The molecule has 2 atom stereocenters. The molecule has 1 aliphatic heterocycles. The van der Waals surface area contributed by atoms with Crippen LogP contribution in [0.15, 0.2) is 22.7 Å². The second-order valence-electron chi connectivity index (χ2n) is 5.30. The summed E-state index contributed by atoms with van der Waals surface area (Å²) in [5.74, 6) is -0.274. The molecule has 1 fully saturated rings. The van der Waals surface area contributed by atoms with E-state index in [9.17, 15) is 9.50 Å². The summed E-state index contributed by atoms with van der Waals surface area (Å²) in [6, 6.07) is 4.96. The van der Waals surface area contributed by atoms with Gasteiger partial charge in [0.1, 0.15) is 5.82 Å². The molecule has 2 unspecified atom stereocenters. The number of benzene rings is 1. The predicted molar refractivity (Wildman–Crippen MR) is 72.0 cm³/mol. The molecule has 0 saturated carbocycles. The summed E-state index contributed by atoms with van der Waals surface area (Å²) in [4.78, 5) is 0. The Morgan fingerprint density at radius 3 is 2.56 bits per heavy atom. The molecule has 18 heavy (non-hydrogen) atoms. The van der Waals surface area contributed by atoms with Crippen molar-refractivity contribution in [2.45, 2.75) is 50.9 Å². The van der Waals surface area contributed by atoms with E-state index in [1.165, 1.54) is 6.07 Å². The Kier molecular flexibility index (Phi) is 4.09. The molecule has 1 heterocycles. The topological polar surface area (TPSA) is 29.5 Å². The summed E-state index contributed by atoms with van der Waals surface area (Å²) in [5.41, 5.74) is -0.312. The number of halogens is 2. The van der Waals surface area contributed by atoms with E-state index in [1.807, 2.05) is 13.8 Å². The lowest BCUT2D eigenvalue weighted by Gasteiger charge is -2.39. The van der Waals surface area contributed by atoms with E-state index < -0.39 is 5.60 Å². The first-order valence-corrected chi connectivity index (χ1v) is 6.99. The Hall–Kier alpha value is -0.450. The van der Waals surface area contributed by atoms with Crippen molar-refractivity contribution in [2.75, 3.05) is 0 Å². The summed E-state index contributed by atoms with van der Waals surface area (Å²) in [7, 11) is 0. The van der Waals surface area contributed by atoms with Crippen molar-refractivity contribution in [2.24, 2.45) is 0 Å². The minimum atomic E-state index is -0.869. The number of aliphatic hydroxyl groups is 1. The van der Waals surface area contributed by atoms with Crippen LogP contribution in [0.2, 0.25) is 0 Å². The normalized spacial score (nSPS) is 32.5. The van der Waals surface area contributed by atoms with Gasteiger partial charge in [0.05, 0.1) is 17.8 Å². The van der Waals surface area contributed by atoms with Gasteiger partial charge in [-0.1, -0.05) is 22.0 Å². The fourth-order valence-electron chi connectivity index (χ4n) is 2.81. The third-order valence-corrected chi connectivity index (χ3v) is 3.83. The molecule has 1 aromatic carbocycles. The molecule has 1 aliphatic rings. The summed E-state index contributed by atoms with van der Waals surface area (Å²) in [6.45, 7) is 3.89. The number of hydrogen-bond donors (Lipinski definition) is 1. The minimum Gasteiger partial charge on any atom is -0.389 e. The fourth-order valence-corrected chi connectivity index (χ4v) is 3.14. The maximum absolute atomic E-state index is 13.8. The molecule has 1 aromatic rings. The molecule has 0 radical (unpaired) electrons. The van der Waals surface area contributed by atoms with E-state index >= 15 is 0 Å². The summed E-state index contributed by atoms with van der Waals surface area (Å²) >= 11 is 3.23. The molecule has 100 valence electrons. The smallest absolute Gasteiger partial charge is 0.127 e. The maximum Gasteiger partial charge on any atom is 0.127 e. The van der Waals surface area contributed by atoms with Crippen molar-refractivity contribution in [1.29, 1.82) is 0 Å². The third-order valence-electron chi connectivity index (χ3n) is 3.33. The Morgan fingerprint density at radius 1 is 1.39 bits per heavy atom. The number of rotatable bonds is 2. The monoisotopic (exact) mass is 316 g/mol. The SMILES string of the molecule is CC1CC(O)(Cc2ccc(Br)cc2F)CC(C)O1. The van der Waals surface area contributed by atoms with Crippen LogP contribution < -0.4 is 0 Å². The zero-order chi connectivity index (χ0) is 13.3. The van der Waals surface area contributed by atoms with Gasteiger partial charge in [0, 0.05) is 23.7 Å². The first kappa shape index (κ1) is 14.0. The number of ether oxygens (including phenoxy) is 1. The quantitative estimate of drug-likeness (QED) is 0.905. The van der Waals surface area contributed by atoms with Gasteiger partial charge in [0.25, 0.3) is 0 Å². The average molecular weight is 317 g/mol. The van der Waals surface area contributed by atoms with Crippen LogP contribution in [0.4, 0.5) is 4.39 Å². The molecule has 0 amide bonds. The van der Waals surface area contributed by atoms with E-state index in [2.05, 4.69) is 15.9 Å². The molecule has 2 rings (SSSR count). The molecule has 0 aromatic heterocycles. The average Bonchev–Trinajstić information content (AvgIpc) is 2.20. The van der Waals surface area contributed by atoms with E-state index in [0.717, 1.165) is 0 Å². The van der Waals surface area contributed by atoms with Crippen LogP contribution in [0.25, 0.3) is 0 Å². The van der Waals surface area contributed by atoms with Crippen molar-refractivity contribution in [3.8, 4) is 0 Å². The van der Waals surface area contributed by atoms with Gasteiger partial charge in [-0.15, -0.1) is 0 Å². The molecule has 0 aliphatic carbocycles. The van der Waals surface area contributed by atoms with Gasteiger partial charge in [0.2, 0.25) is 0 Å². The highest BCUT2D eigenvalue weighted by Gasteiger charge is 2.37. The first-order valence-electron chi connectivity index (χ1n) is 6.20. The van der Waals surface area contributed by atoms with Crippen molar-refractivity contribution < 1.29 is 14.2 Å². The lowest BCUT2D eigenvalue weighted by Crippen LogP contribution is -2.45. The maximum atomic E-state index is 13.8. The van der Waals surface area contributed by atoms with Crippen LogP contribution in [0.3, 0.4) is 0 Å². The standard InChI is InChI=1S/C14H18BrFO2/c1-9-6-14(17,7-10(2)18-9)8-11-3-4-12(15)5-13(11)16/h3-5,9-10,17H,6-8H2,1-2H3. The second kappa shape index (κ2) is 5.27. The third kappa shape index (κ3) is 3.31. The summed E-state index contributed by atoms with van der Waals surface area (Å²) in [6.07, 6.45) is 1.46. The van der Waals surface area contributed by atoms with E-state index in [1.54, 1.807) is 12.1 Å². The van der Waals surface area contributed by atoms with Gasteiger partial charge < -0.3 is 9.84 Å². The van der Waals surface area contributed by atoms with Gasteiger partial charge in [-0.25, -0.2) is 4.39 Å². The molecule has 2 nitrogen and oxygen atoms in total. The molecule has 0 spiro atoms. The van der Waals surface area contributed by atoms with Crippen molar-refractivity contribution in [3.63, 3.8) is 0 Å². The molecule has 0 bridgehead atoms. The molecule has 1 N–H and O–H groups in total. The molecule has 4 heteroatoms. The Bertz CT molecular complexity index is 426. The number of hydrogen-bond acceptors (Lipinski definition) is 2. The zero-order valence-electron chi connectivity index (χ0n) is 10.6. The highest BCUT2D eigenvalue weighted by atomic mass is 79.9. The van der Waals surface area contributed by atoms with Crippen molar-refractivity contribution in [3.05, 3.63) is 34.1 Å². The van der Waals surface area contributed by atoms with E-state index in [0.29, 0.717) is 29.3 Å². The van der Waals surface area contributed by atoms with Gasteiger partial charge in [0.15, 0.2) is 0 Å². The van der Waals surface area contributed by atoms with Gasteiger partial charge in [-0.3, -0.25) is 0 Å². The van der Waals surface area contributed by atoms with Crippen LogP contribution in [0.1, 0.15) is 32.3 Å². The van der Waals surface area contributed by atoms with Crippen molar-refractivity contribution in [1.82, 2.24) is 0 Å². The highest BCUT2D eigenvalue weighted by Crippen LogP contribution is 2.32. The van der Waals surface area contributed by atoms with Gasteiger partial charge in [-0.05, 0) is 31.5 Å². The molecular formula is C14H18BrFO2. The van der Waals surface area contributed by atoms with E-state index in [-0.39, 0.29) is 18.0 Å².